The zero-order valence-corrected chi connectivity index (χ0v) is 30.3. The molecule has 0 bridgehead atoms. The van der Waals surface area contributed by atoms with Gasteiger partial charge in [-0.3, -0.25) is 9.59 Å². The van der Waals surface area contributed by atoms with Gasteiger partial charge in [0.25, 0.3) is 0 Å². The van der Waals surface area contributed by atoms with E-state index in [2.05, 4.69) is 10.6 Å². The van der Waals surface area contributed by atoms with E-state index in [1.807, 2.05) is 72.8 Å². The average Bonchev–Trinajstić information content (AvgIpc) is 3.45. The number of carbonyl (C=O) groups excluding carboxylic acids is 4. The summed E-state index contributed by atoms with van der Waals surface area (Å²) in [6, 6.07) is 17.4. The van der Waals surface area contributed by atoms with Crippen LogP contribution in [0.1, 0.15) is 70.4 Å². The molecule has 3 fully saturated rings. The number of carbonyl (C=O) groups is 5. The predicted molar refractivity (Wildman–Crippen MR) is 194 cm³/mol. The molecule has 2 aromatic rings. The smallest absolute Gasteiger partial charge is 0.408 e. The number of benzene rings is 2. The van der Waals surface area contributed by atoms with E-state index < -0.39 is 53.0 Å². The van der Waals surface area contributed by atoms with Crippen LogP contribution in [-0.4, -0.2) is 92.6 Å². The second-order valence-electron chi connectivity index (χ2n) is 15.7. The number of amides is 5. The van der Waals surface area contributed by atoms with Crippen LogP contribution in [0.4, 0.5) is 9.59 Å². The molecule has 1 aliphatic carbocycles. The molecule has 2 aromatic carbocycles. The molecule has 2 saturated heterocycles. The van der Waals surface area contributed by atoms with Gasteiger partial charge in [0, 0.05) is 50.5 Å². The third-order valence-electron chi connectivity index (χ3n) is 10.7. The lowest BCUT2D eigenvalue weighted by atomic mass is 9.93. The number of ether oxygens (including phenoxy) is 1. The largest absolute Gasteiger partial charge is 0.479 e. The Hall–Kier alpha value is -4.87. The molecule has 4 aliphatic rings. The minimum atomic E-state index is -1.45. The van der Waals surface area contributed by atoms with Crippen molar-refractivity contribution in [3.8, 4) is 0 Å². The quantitative estimate of drug-likeness (QED) is 0.359. The first-order valence-corrected chi connectivity index (χ1v) is 18.5. The summed E-state index contributed by atoms with van der Waals surface area (Å²) in [4.78, 5) is 73.7. The van der Waals surface area contributed by atoms with E-state index in [0.717, 1.165) is 30.4 Å². The molecule has 0 aromatic heterocycles. The Kier molecular flexibility index (Phi) is 10.9. The van der Waals surface area contributed by atoms with Crippen LogP contribution in [0.3, 0.4) is 0 Å². The lowest BCUT2D eigenvalue weighted by Crippen LogP contribution is -2.58. The van der Waals surface area contributed by atoms with Gasteiger partial charge >= 0.3 is 18.1 Å². The Morgan fingerprint density at radius 2 is 1.60 bits per heavy atom. The summed E-state index contributed by atoms with van der Waals surface area (Å²) in [5.41, 5.74) is -0.256. The maximum Gasteiger partial charge on any atom is 0.408 e. The molecule has 0 unspecified atom stereocenters. The van der Waals surface area contributed by atoms with Gasteiger partial charge in [0.2, 0.25) is 11.8 Å². The van der Waals surface area contributed by atoms with Crippen molar-refractivity contribution in [1.29, 1.82) is 0 Å². The van der Waals surface area contributed by atoms with Crippen molar-refractivity contribution in [3.05, 3.63) is 83.9 Å². The number of nitrogens with zero attached hydrogens (tertiary/aromatic N) is 3. The van der Waals surface area contributed by atoms with Gasteiger partial charge in [-0.25, -0.2) is 14.4 Å². The van der Waals surface area contributed by atoms with Gasteiger partial charge in [0.05, 0.1) is 0 Å². The number of nitrogens with one attached hydrogen (secondary N) is 2. The monoisotopic (exact) mass is 713 g/mol. The van der Waals surface area contributed by atoms with Crippen molar-refractivity contribution >= 4 is 29.9 Å². The molecule has 278 valence electrons. The van der Waals surface area contributed by atoms with Crippen LogP contribution in [0.2, 0.25) is 0 Å². The van der Waals surface area contributed by atoms with E-state index in [4.69, 9.17) is 4.74 Å². The highest BCUT2D eigenvalue weighted by Crippen LogP contribution is 2.46. The normalized spacial score (nSPS) is 28.2. The number of urea groups is 1. The Morgan fingerprint density at radius 1 is 0.942 bits per heavy atom. The molecule has 12 heteroatoms. The maximum absolute atomic E-state index is 14.4. The molecule has 3 N–H and O–H groups in total. The van der Waals surface area contributed by atoms with Crippen molar-refractivity contribution < 1.29 is 33.8 Å². The van der Waals surface area contributed by atoms with Crippen LogP contribution in [0.5, 0.6) is 0 Å². The molecule has 1 saturated carbocycles. The lowest BCUT2D eigenvalue weighted by Gasteiger charge is -2.34. The Labute approximate surface area is 305 Å². The molecule has 3 aliphatic heterocycles. The lowest BCUT2D eigenvalue weighted by molar-refractivity contribution is -0.146. The number of hydrogen-bond donors (Lipinski definition) is 3. The van der Waals surface area contributed by atoms with E-state index in [-0.39, 0.29) is 37.4 Å². The number of carboxylic acid groups (broad SMARTS) is 1. The van der Waals surface area contributed by atoms with Gasteiger partial charge in [-0.15, -0.1) is 0 Å². The predicted octanol–water partition coefficient (Wildman–Crippen LogP) is 4.94. The molecule has 0 spiro atoms. The number of alkyl carbamates (subject to hydrolysis) is 1. The van der Waals surface area contributed by atoms with Gasteiger partial charge < -0.3 is 35.2 Å². The standard InChI is InChI=1S/C40H51N5O7/c1-39(2,3)52-37(50)41-32-20-14-6-4-5-13-19-30-21-40(30,36(48)49)42-34(46)33-31-26-44(24-29(31)25-45(33)35(32)47)38(51)43(22-27-15-9-7-10-16-27)23-28-17-11-8-12-18-28/h7-13,15-19,29-33H,4-6,14,20-26H2,1-3H3,(H,41,50)(H,42,46)(H,48,49)/b19-13-/t29-,30+,31-,32+,33-,40+/m0/s1. The van der Waals surface area contributed by atoms with Crippen LogP contribution in [0, 0.1) is 17.8 Å². The fourth-order valence-corrected chi connectivity index (χ4v) is 7.98. The number of hydrogen-bond acceptors (Lipinski definition) is 6. The van der Waals surface area contributed by atoms with Crippen molar-refractivity contribution in [1.82, 2.24) is 25.3 Å². The van der Waals surface area contributed by atoms with Crippen LogP contribution in [-0.2, 0) is 32.2 Å². The van der Waals surface area contributed by atoms with Gasteiger partial charge in [0.15, 0.2) is 0 Å². The van der Waals surface area contributed by atoms with Gasteiger partial charge in [-0.2, -0.15) is 0 Å². The van der Waals surface area contributed by atoms with E-state index in [1.165, 1.54) is 4.90 Å². The van der Waals surface area contributed by atoms with Crippen LogP contribution in [0.15, 0.2) is 72.8 Å². The summed E-state index contributed by atoms with van der Waals surface area (Å²) in [5, 5.41) is 15.9. The highest BCUT2D eigenvalue weighted by atomic mass is 16.6. The minimum Gasteiger partial charge on any atom is -0.479 e. The molecular weight excluding hydrogens is 662 g/mol. The SMILES string of the molecule is CC(C)(C)OC(=O)N[C@@H]1CCCCC/C=C\[C@@H]2C[C@@]2(C(=O)O)NC(=O)[C@@H]2[C@H]3CN(C(=O)N(Cc4ccccc4)Cc4ccccc4)C[C@H]3CN2C1=O. The van der Waals surface area contributed by atoms with Gasteiger partial charge in [-0.1, -0.05) is 85.7 Å². The third kappa shape index (κ3) is 8.43. The number of carboxylic acids is 1. The van der Waals surface area contributed by atoms with Crippen molar-refractivity contribution in [2.24, 2.45) is 17.8 Å². The Morgan fingerprint density at radius 3 is 2.21 bits per heavy atom. The topological polar surface area (TPSA) is 149 Å². The summed E-state index contributed by atoms with van der Waals surface area (Å²) in [6.45, 7) is 6.77. The highest BCUT2D eigenvalue weighted by Gasteiger charge is 2.62. The molecule has 5 amide bonds. The summed E-state index contributed by atoms with van der Waals surface area (Å²) in [7, 11) is 0. The third-order valence-corrected chi connectivity index (χ3v) is 10.7. The molecule has 52 heavy (non-hydrogen) atoms. The molecule has 0 radical (unpaired) electrons. The second kappa shape index (κ2) is 15.4. The zero-order chi connectivity index (χ0) is 37.0. The summed E-state index contributed by atoms with van der Waals surface area (Å²) in [5.74, 6) is -3.08. The molecule has 12 nitrogen and oxygen atoms in total. The zero-order valence-electron chi connectivity index (χ0n) is 30.3. The van der Waals surface area contributed by atoms with Crippen LogP contribution < -0.4 is 10.6 Å². The Balaban J connectivity index is 1.27. The second-order valence-corrected chi connectivity index (χ2v) is 15.7. The summed E-state index contributed by atoms with van der Waals surface area (Å²) >= 11 is 0. The van der Waals surface area contributed by atoms with Crippen molar-refractivity contribution in [2.75, 3.05) is 19.6 Å². The summed E-state index contributed by atoms with van der Waals surface area (Å²) in [6.07, 6.45) is 6.82. The first-order valence-electron chi connectivity index (χ1n) is 18.5. The van der Waals surface area contributed by atoms with Crippen LogP contribution >= 0.6 is 0 Å². The fraction of sp³-hybridized carbons (Fsp3) is 0.525. The van der Waals surface area contributed by atoms with E-state index in [1.54, 1.807) is 30.6 Å². The molecule has 6 rings (SSSR count). The maximum atomic E-state index is 14.4. The number of fused-ring (bicyclic) bond motifs is 4. The van der Waals surface area contributed by atoms with Crippen molar-refractivity contribution in [3.63, 3.8) is 0 Å². The first-order chi connectivity index (χ1) is 24.8. The number of rotatable bonds is 6. The fourth-order valence-electron chi connectivity index (χ4n) is 7.98. The van der Waals surface area contributed by atoms with E-state index in [0.29, 0.717) is 32.5 Å². The number of allylic oxidation sites excluding steroid dienone is 1. The van der Waals surface area contributed by atoms with Gasteiger partial charge in [-0.05, 0) is 57.6 Å². The van der Waals surface area contributed by atoms with Crippen LogP contribution in [0.25, 0.3) is 0 Å². The number of likely N-dealkylation sites (tertiary alicyclic amines) is 1. The summed E-state index contributed by atoms with van der Waals surface area (Å²) < 4.78 is 5.51. The molecule has 6 atom stereocenters. The minimum absolute atomic E-state index is 0.170. The first kappa shape index (κ1) is 36.9. The molecule has 3 heterocycles. The Bertz CT molecular complexity index is 1620. The van der Waals surface area contributed by atoms with E-state index >= 15 is 0 Å². The van der Waals surface area contributed by atoms with Gasteiger partial charge in [0.1, 0.15) is 23.2 Å². The van der Waals surface area contributed by atoms with Crippen molar-refractivity contribution in [2.45, 2.75) is 95.6 Å². The molecular formula is C40H51N5O7. The van der Waals surface area contributed by atoms with E-state index in [9.17, 15) is 29.1 Å². The average molecular weight is 714 g/mol. The highest BCUT2D eigenvalue weighted by molar-refractivity contribution is 5.96. The number of aliphatic carboxylic acids is 1.